The first-order valence-electron chi connectivity index (χ1n) is 13.7. The molecule has 2 aliphatic rings. The van der Waals surface area contributed by atoms with Crippen LogP contribution in [-0.4, -0.2) is 46.3 Å². The van der Waals surface area contributed by atoms with E-state index >= 15 is 0 Å². The van der Waals surface area contributed by atoms with Gasteiger partial charge in [0.2, 0.25) is 0 Å². The summed E-state index contributed by atoms with van der Waals surface area (Å²) < 4.78 is 27.9. The van der Waals surface area contributed by atoms with Crippen LogP contribution in [0, 0.1) is 5.92 Å². The average Bonchev–Trinajstić information content (AvgIpc) is 2.94. The Labute approximate surface area is 236 Å². The van der Waals surface area contributed by atoms with Gasteiger partial charge in [-0.1, -0.05) is 26.0 Å². The fourth-order valence-electron chi connectivity index (χ4n) is 5.44. The van der Waals surface area contributed by atoms with Crippen LogP contribution in [0.4, 0.5) is 0 Å². The lowest BCUT2D eigenvalue weighted by Crippen LogP contribution is -2.36. The van der Waals surface area contributed by atoms with Gasteiger partial charge in [0.25, 0.3) is 0 Å². The molecule has 40 heavy (non-hydrogen) atoms. The number of benzene rings is 2. The van der Waals surface area contributed by atoms with Crippen LogP contribution in [0.1, 0.15) is 63.5 Å². The lowest BCUT2D eigenvalue weighted by molar-refractivity contribution is -0.140. The number of allylic oxidation sites excluding steroid dienone is 3. The molecule has 8 nitrogen and oxygen atoms in total. The van der Waals surface area contributed by atoms with E-state index in [2.05, 4.69) is 5.32 Å². The minimum Gasteiger partial charge on any atom is -0.493 e. The number of Topliss-reactive ketones (excluding diaryl/α,β-unsaturated/α-hetero) is 1. The zero-order valence-corrected chi connectivity index (χ0v) is 24.4. The van der Waals surface area contributed by atoms with Crippen LogP contribution >= 0.6 is 0 Å². The Balaban J connectivity index is 1.79. The molecule has 2 aromatic carbocycles. The molecule has 0 saturated carbocycles. The molecule has 1 aliphatic carbocycles. The van der Waals surface area contributed by atoms with Crippen molar-refractivity contribution in [2.24, 2.45) is 5.92 Å². The number of hydrogen-bond acceptors (Lipinski definition) is 8. The van der Waals surface area contributed by atoms with Crippen LogP contribution in [0.2, 0.25) is 0 Å². The van der Waals surface area contributed by atoms with Gasteiger partial charge in [-0.3, -0.25) is 4.79 Å². The number of esters is 1. The molecule has 0 unspecified atom stereocenters. The maximum absolute atomic E-state index is 14.0. The van der Waals surface area contributed by atoms with E-state index in [1.54, 1.807) is 21.3 Å². The third kappa shape index (κ3) is 5.81. The summed E-state index contributed by atoms with van der Waals surface area (Å²) in [6, 6.07) is 11.3. The highest BCUT2D eigenvalue weighted by Crippen LogP contribution is 2.47. The van der Waals surface area contributed by atoms with Crippen molar-refractivity contribution in [1.29, 1.82) is 0 Å². The van der Waals surface area contributed by atoms with E-state index in [4.69, 9.17) is 23.7 Å². The monoisotopic (exact) mass is 549 g/mol. The van der Waals surface area contributed by atoms with Crippen molar-refractivity contribution < 1.29 is 33.3 Å². The first-order valence-corrected chi connectivity index (χ1v) is 13.7. The summed E-state index contributed by atoms with van der Waals surface area (Å²) in [5.74, 6) is 1.47. The summed E-state index contributed by atoms with van der Waals surface area (Å²) in [4.78, 5) is 27.4. The van der Waals surface area contributed by atoms with Crippen molar-refractivity contribution in [2.75, 3.05) is 34.5 Å². The molecule has 4 rings (SSSR count). The molecular weight excluding hydrogens is 510 g/mol. The second kappa shape index (κ2) is 12.5. The Morgan fingerprint density at radius 3 is 2.20 bits per heavy atom. The molecule has 0 saturated heterocycles. The van der Waals surface area contributed by atoms with E-state index in [1.165, 1.54) is 0 Å². The van der Waals surface area contributed by atoms with Gasteiger partial charge in [0.15, 0.2) is 28.8 Å². The van der Waals surface area contributed by atoms with Crippen LogP contribution in [0.25, 0.3) is 0 Å². The van der Waals surface area contributed by atoms with Gasteiger partial charge < -0.3 is 29.0 Å². The third-order valence-electron chi connectivity index (χ3n) is 7.30. The van der Waals surface area contributed by atoms with Gasteiger partial charge in [0.05, 0.1) is 40.1 Å². The van der Waals surface area contributed by atoms with Crippen molar-refractivity contribution in [3.63, 3.8) is 0 Å². The smallest absolute Gasteiger partial charge is 0.336 e. The van der Waals surface area contributed by atoms with Crippen LogP contribution < -0.4 is 24.3 Å². The standard InChI is InChI=1S/C32H39NO7/c1-8-39-26-12-10-21(16-28(26)38-7)30-29(32(35)40-17-18(2)3)19(4)33-23-13-22(14-24(34)31(23)30)20-9-11-25(36-5)27(15-20)37-6/h9-12,15-16,18,22,30,33H,8,13-14,17H2,1-7H3/t22-,30-/m1/s1. The predicted molar refractivity (Wildman–Crippen MR) is 152 cm³/mol. The largest absolute Gasteiger partial charge is 0.493 e. The number of ketones is 1. The second-order valence-corrected chi connectivity index (χ2v) is 10.5. The molecule has 1 aliphatic heterocycles. The molecule has 0 fully saturated rings. The molecule has 0 amide bonds. The SMILES string of the molecule is CCOc1ccc([C@@H]2C(C(=O)OCC(C)C)=C(C)NC3=C2C(=O)C[C@H](c2ccc(OC)c(OC)c2)C3)cc1OC. The van der Waals surface area contributed by atoms with Crippen molar-refractivity contribution in [2.45, 2.75) is 52.4 Å². The molecular formula is C32H39NO7. The van der Waals surface area contributed by atoms with Gasteiger partial charge >= 0.3 is 5.97 Å². The Kier molecular flexibility index (Phi) is 9.07. The van der Waals surface area contributed by atoms with Crippen molar-refractivity contribution >= 4 is 11.8 Å². The highest BCUT2D eigenvalue weighted by Gasteiger charge is 2.42. The van der Waals surface area contributed by atoms with Gasteiger partial charge in [0, 0.05) is 29.3 Å². The molecule has 2 aromatic rings. The molecule has 0 aromatic heterocycles. The number of ether oxygens (including phenoxy) is 5. The van der Waals surface area contributed by atoms with Gasteiger partial charge in [-0.05, 0) is 67.5 Å². The maximum Gasteiger partial charge on any atom is 0.336 e. The number of methoxy groups -OCH3 is 3. The molecule has 1 N–H and O–H groups in total. The number of carbonyl (C=O) groups excluding carboxylic acids is 2. The lowest BCUT2D eigenvalue weighted by Gasteiger charge is -2.37. The molecule has 0 spiro atoms. The normalized spacial score (nSPS) is 18.8. The fraction of sp³-hybridized carbons (Fsp3) is 0.438. The highest BCUT2D eigenvalue weighted by molar-refractivity contribution is 6.04. The van der Waals surface area contributed by atoms with E-state index in [0.29, 0.717) is 59.3 Å². The average molecular weight is 550 g/mol. The number of carbonyl (C=O) groups is 2. The minimum absolute atomic E-state index is 0.0203. The van der Waals surface area contributed by atoms with Crippen LogP contribution in [-0.2, 0) is 14.3 Å². The van der Waals surface area contributed by atoms with Gasteiger partial charge in [-0.25, -0.2) is 4.79 Å². The summed E-state index contributed by atoms with van der Waals surface area (Å²) in [5.41, 5.74) is 4.26. The highest BCUT2D eigenvalue weighted by atomic mass is 16.5. The number of dihydropyridines is 1. The van der Waals surface area contributed by atoms with E-state index in [0.717, 1.165) is 16.8 Å². The summed E-state index contributed by atoms with van der Waals surface area (Å²) in [6.45, 7) is 8.52. The second-order valence-electron chi connectivity index (χ2n) is 10.5. The summed E-state index contributed by atoms with van der Waals surface area (Å²) in [7, 11) is 4.77. The third-order valence-corrected chi connectivity index (χ3v) is 7.30. The molecule has 2 atom stereocenters. The fourth-order valence-corrected chi connectivity index (χ4v) is 5.44. The van der Waals surface area contributed by atoms with Crippen molar-refractivity contribution in [3.8, 4) is 23.0 Å². The molecule has 1 heterocycles. The Morgan fingerprint density at radius 2 is 1.55 bits per heavy atom. The number of hydrogen-bond donors (Lipinski definition) is 1. The number of nitrogens with one attached hydrogen (secondary N) is 1. The Hall–Kier alpha value is -3.94. The van der Waals surface area contributed by atoms with E-state index in [-0.39, 0.29) is 24.2 Å². The topological polar surface area (TPSA) is 92.3 Å². The van der Waals surface area contributed by atoms with E-state index in [9.17, 15) is 9.59 Å². The first-order chi connectivity index (χ1) is 19.2. The van der Waals surface area contributed by atoms with Gasteiger partial charge in [0.1, 0.15) is 0 Å². The lowest BCUT2D eigenvalue weighted by atomic mass is 9.71. The molecule has 8 heteroatoms. The zero-order valence-electron chi connectivity index (χ0n) is 24.4. The molecule has 0 bridgehead atoms. The molecule has 214 valence electrons. The van der Waals surface area contributed by atoms with Crippen molar-refractivity contribution in [3.05, 3.63) is 70.1 Å². The summed E-state index contributed by atoms with van der Waals surface area (Å²) in [6.07, 6.45) is 0.904. The minimum atomic E-state index is -0.598. The summed E-state index contributed by atoms with van der Waals surface area (Å²) in [5, 5.41) is 3.40. The van der Waals surface area contributed by atoms with Crippen molar-refractivity contribution in [1.82, 2.24) is 5.32 Å². The van der Waals surface area contributed by atoms with Crippen LogP contribution in [0.5, 0.6) is 23.0 Å². The van der Waals surface area contributed by atoms with E-state index in [1.807, 2.05) is 64.1 Å². The maximum atomic E-state index is 14.0. The first kappa shape index (κ1) is 29.1. The Bertz CT molecular complexity index is 1340. The Morgan fingerprint density at radius 1 is 0.925 bits per heavy atom. The van der Waals surface area contributed by atoms with E-state index < -0.39 is 11.9 Å². The number of rotatable bonds is 10. The quantitative estimate of drug-likeness (QED) is 0.379. The zero-order chi connectivity index (χ0) is 29.0. The van der Waals surface area contributed by atoms with Crippen LogP contribution in [0.3, 0.4) is 0 Å². The van der Waals surface area contributed by atoms with Gasteiger partial charge in [-0.2, -0.15) is 0 Å². The summed E-state index contributed by atoms with van der Waals surface area (Å²) >= 11 is 0. The van der Waals surface area contributed by atoms with Crippen LogP contribution in [0.15, 0.2) is 58.9 Å². The predicted octanol–water partition coefficient (Wildman–Crippen LogP) is 5.67. The van der Waals surface area contributed by atoms with Gasteiger partial charge in [-0.15, -0.1) is 0 Å². The molecule has 0 radical (unpaired) electrons.